The highest BCUT2D eigenvalue weighted by Gasteiger charge is 2.42. The average Bonchev–Trinajstić information content (AvgIpc) is 3.56. The molecular weight excluding hydrogens is 594 g/mol. The molecule has 2 heterocycles. The van der Waals surface area contributed by atoms with Gasteiger partial charge in [0, 0.05) is 49.3 Å². The van der Waals surface area contributed by atoms with Gasteiger partial charge in [-0.15, -0.1) is 0 Å². The van der Waals surface area contributed by atoms with Crippen LogP contribution in [0.1, 0.15) is 41.3 Å². The fourth-order valence-corrected chi connectivity index (χ4v) is 5.47. The fraction of sp³-hybridized carbons (Fsp3) is 0.212. The molecule has 12 heteroatoms. The van der Waals surface area contributed by atoms with E-state index in [9.17, 15) is 14.6 Å². The number of halogens is 4. The van der Waals surface area contributed by atoms with Crippen molar-refractivity contribution in [2.24, 2.45) is 0 Å². The highest BCUT2D eigenvalue weighted by molar-refractivity contribution is 5.78. The van der Waals surface area contributed by atoms with Gasteiger partial charge in [0.05, 0.1) is 34.8 Å². The molecule has 0 aliphatic carbocycles. The van der Waals surface area contributed by atoms with E-state index in [1.165, 1.54) is 56.5 Å². The molecule has 0 spiro atoms. The number of rotatable bonds is 8. The third-order valence-electron chi connectivity index (χ3n) is 7.71. The maximum Gasteiger partial charge on any atom is 0.278 e. The number of para-hydroxylation sites is 1. The summed E-state index contributed by atoms with van der Waals surface area (Å²) in [7, 11) is 1.48. The van der Waals surface area contributed by atoms with Crippen molar-refractivity contribution in [2.75, 3.05) is 13.7 Å². The van der Waals surface area contributed by atoms with Crippen molar-refractivity contribution in [3.05, 3.63) is 112 Å². The summed E-state index contributed by atoms with van der Waals surface area (Å²) in [5.74, 6) is -6.03. The first-order chi connectivity index (χ1) is 21.5. The second kappa shape index (κ2) is 11.5. The van der Waals surface area contributed by atoms with Crippen LogP contribution in [0.4, 0.5) is 17.6 Å². The summed E-state index contributed by atoms with van der Waals surface area (Å²) in [6, 6.07) is 15.3. The highest BCUT2D eigenvalue weighted by atomic mass is 19.2. The summed E-state index contributed by atoms with van der Waals surface area (Å²) in [6.07, 6.45) is -2.16. The van der Waals surface area contributed by atoms with Crippen molar-refractivity contribution in [2.45, 2.75) is 32.0 Å². The summed E-state index contributed by atoms with van der Waals surface area (Å²) in [5, 5.41) is 28.3. The quantitative estimate of drug-likeness (QED) is 0.125. The molecular formula is C33H25F4N3O5. The minimum atomic E-state index is -1.74. The lowest BCUT2D eigenvalue weighted by molar-refractivity contribution is -0.0705. The summed E-state index contributed by atoms with van der Waals surface area (Å²) in [4.78, 5) is 4.47. The zero-order valence-electron chi connectivity index (χ0n) is 23.9. The van der Waals surface area contributed by atoms with Crippen molar-refractivity contribution in [3.63, 3.8) is 0 Å². The Balaban J connectivity index is 1.38. The molecule has 1 aliphatic rings. The molecule has 2 N–H and O–H groups in total. The summed E-state index contributed by atoms with van der Waals surface area (Å²) < 4.78 is 80.7. The van der Waals surface area contributed by atoms with Crippen LogP contribution in [-0.4, -0.2) is 33.5 Å². The minimum Gasteiger partial charge on any atom is -0.444 e. The molecule has 45 heavy (non-hydrogen) atoms. The van der Waals surface area contributed by atoms with Crippen LogP contribution >= 0.6 is 0 Å². The van der Waals surface area contributed by atoms with Gasteiger partial charge in [0.15, 0.2) is 29.4 Å². The number of methoxy groups -OCH3 is 1. The third-order valence-corrected chi connectivity index (χ3v) is 7.71. The van der Waals surface area contributed by atoms with Crippen molar-refractivity contribution in [1.29, 1.82) is 5.26 Å². The van der Waals surface area contributed by atoms with E-state index in [2.05, 4.69) is 4.98 Å². The molecule has 0 amide bonds. The van der Waals surface area contributed by atoms with Gasteiger partial charge in [0.2, 0.25) is 0 Å². The lowest BCUT2D eigenvalue weighted by atomic mass is 9.99. The predicted octanol–water partition coefficient (Wildman–Crippen LogP) is 6.00. The lowest BCUT2D eigenvalue weighted by Gasteiger charge is -2.24. The number of aromatic nitrogens is 2. The summed E-state index contributed by atoms with van der Waals surface area (Å²) >= 11 is 0. The van der Waals surface area contributed by atoms with Gasteiger partial charge >= 0.3 is 0 Å². The number of aliphatic hydroxyl groups excluding tert-OH is 1. The van der Waals surface area contributed by atoms with Gasteiger partial charge in [-0.05, 0) is 42.5 Å². The van der Waals surface area contributed by atoms with Crippen LogP contribution in [0.2, 0.25) is 0 Å². The van der Waals surface area contributed by atoms with Crippen LogP contribution in [0.15, 0.2) is 60.7 Å². The van der Waals surface area contributed by atoms with Crippen molar-refractivity contribution in [3.8, 4) is 28.7 Å². The minimum absolute atomic E-state index is 0.0189. The van der Waals surface area contributed by atoms with Gasteiger partial charge in [0.1, 0.15) is 17.5 Å². The first-order valence-electron chi connectivity index (χ1n) is 13.8. The Morgan fingerprint density at radius 2 is 1.78 bits per heavy atom. The average molecular weight is 620 g/mol. The zero-order valence-corrected chi connectivity index (χ0v) is 23.9. The molecule has 6 rings (SSSR count). The van der Waals surface area contributed by atoms with Gasteiger partial charge in [-0.25, -0.2) is 22.5 Å². The number of nitrogens with zero attached hydrogens (tertiary/aromatic N) is 3. The molecule has 1 unspecified atom stereocenters. The number of benzene rings is 4. The summed E-state index contributed by atoms with van der Waals surface area (Å²) in [6.45, 7) is 1.88. The zero-order chi connectivity index (χ0) is 32.0. The van der Waals surface area contributed by atoms with Crippen LogP contribution in [0.3, 0.4) is 0 Å². The Hall–Kier alpha value is -4.96. The number of aliphatic hydroxyl groups is 2. The highest BCUT2D eigenvalue weighted by Crippen LogP contribution is 2.50. The van der Waals surface area contributed by atoms with Crippen molar-refractivity contribution >= 4 is 11.0 Å². The molecule has 0 radical (unpaired) electrons. The SMILES string of the molecule is COCCn1c(Cc2c(F)cc(-c3cccc4c3OC(C)(c3ccc(C#N)cc3F)O4)c(F)c2F)nc2ccc(C(O)O)cc21. The molecule has 1 atom stereocenters. The third kappa shape index (κ3) is 5.25. The topological polar surface area (TPSA) is 110 Å². The molecule has 4 aromatic carbocycles. The smallest absolute Gasteiger partial charge is 0.278 e. The number of imidazole rings is 1. The first kappa shape index (κ1) is 30.1. The number of fused-ring (bicyclic) bond motifs is 2. The van der Waals surface area contributed by atoms with E-state index >= 15 is 13.2 Å². The van der Waals surface area contributed by atoms with Crippen LogP contribution in [-0.2, 0) is 23.5 Å². The van der Waals surface area contributed by atoms with E-state index < -0.39 is 52.9 Å². The van der Waals surface area contributed by atoms with E-state index in [1.807, 2.05) is 6.07 Å². The van der Waals surface area contributed by atoms with Crippen LogP contribution in [0.5, 0.6) is 11.5 Å². The van der Waals surface area contributed by atoms with Crippen LogP contribution in [0.25, 0.3) is 22.2 Å². The van der Waals surface area contributed by atoms with Gasteiger partial charge in [-0.3, -0.25) is 0 Å². The predicted molar refractivity (Wildman–Crippen MR) is 153 cm³/mol. The molecule has 0 saturated heterocycles. The van der Waals surface area contributed by atoms with Crippen molar-refractivity contribution in [1.82, 2.24) is 9.55 Å². The van der Waals surface area contributed by atoms with E-state index in [4.69, 9.17) is 19.5 Å². The fourth-order valence-electron chi connectivity index (χ4n) is 5.47. The monoisotopic (exact) mass is 619 g/mol. The van der Waals surface area contributed by atoms with Gasteiger partial charge < -0.3 is 29.0 Å². The van der Waals surface area contributed by atoms with Crippen LogP contribution < -0.4 is 9.47 Å². The second-order valence-electron chi connectivity index (χ2n) is 10.6. The lowest BCUT2D eigenvalue weighted by Crippen LogP contribution is -2.32. The largest absolute Gasteiger partial charge is 0.444 e. The Morgan fingerprint density at radius 1 is 0.978 bits per heavy atom. The Labute approximate surface area is 254 Å². The standard InChI is InChI=1S/C33H25F4N3O5/c1-33(22-8-6-17(16-38)12-24(22)35)44-27-5-3-4-19(31(27)45-33)20-14-23(34)21(30(37)29(20)36)15-28-39-25-9-7-18(32(41)42)13-26(25)40(28)10-11-43-2/h3-9,12-14,32,41-42H,10-11,15H2,1-2H3. The van der Waals surface area contributed by atoms with Gasteiger partial charge in [-0.1, -0.05) is 18.2 Å². The Bertz CT molecular complexity index is 2010. The summed E-state index contributed by atoms with van der Waals surface area (Å²) in [5.41, 5.74) is 0.136. The molecule has 230 valence electrons. The van der Waals surface area contributed by atoms with E-state index in [-0.39, 0.29) is 52.7 Å². The molecule has 0 saturated carbocycles. The Kier molecular flexibility index (Phi) is 7.70. The van der Waals surface area contributed by atoms with Crippen LogP contribution in [0, 0.1) is 34.6 Å². The molecule has 1 aromatic heterocycles. The van der Waals surface area contributed by atoms with E-state index in [0.29, 0.717) is 11.0 Å². The molecule has 5 aromatic rings. The van der Waals surface area contributed by atoms with E-state index in [0.717, 1.165) is 12.1 Å². The normalized spacial score (nSPS) is 15.6. The molecule has 1 aliphatic heterocycles. The Morgan fingerprint density at radius 3 is 2.49 bits per heavy atom. The molecule has 0 fully saturated rings. The maximum atomic E-state index is 15.8. The molecule has 8 nitrogen and oxygen atoms in total. The molecule has 0 bridgehead atoms. The number of hydrogen-bond donors (Lipinski definition) is 2. The first-order valence-corrected chi connectivity index (χ1v) is 13.8. The van der Waals surface area contributed by atoms with Gasteiger partial charge in [0.25, 0.3) is 5.79 Å². The van der Waals surface area contributed by atoms with E-state index in [1.54, 1.807) is 10.6 Å². The van der Waals surface area contributed by atoms with Crippen molar-refractivity contribution < 1.29 is 42.0 Å². The maximum absolute atomic E-state index is 15.8. The second-order valence-corrected chi connectivity index (χ2v) is 10.6. The van der Waals surface area contributed by atoms with Gasteiger partial charge in [-0.2, -0.15) is 5.26 Å². The number of hydrogen-bond acceptors (Lipinski definition) is 7. The number of ether oxygens (including phenoxy) is 3. The number of nitriles is 1.